The van der Waals surface area contributed by atoms with Gasteiger partial charge in [-0.3, -0.25) is 9.59 Å². The molecule has 1 aliphatic rings. The van der Waals surface area contributed by atoms with Crippen molar-refractivity contribution in [3.8, 4) is 5.75 Å². The Hall–Kier alpha value is -2.53. The predicted molar refractivity (Wildman–Crippen MR) is 102 cm³/mol. The van der Waals surface area contributed by atoms with Crippen molar-refractivity contribution in [3.63, 3.8) is 0 Å². The summed E-state index contributed by atoms with van der Waals surface area (Å²) in [6.45, 7) is 3.20. The van der Waals surface area contributed by atoms with Crippen molar-refractivity contribution in [2.75, 3.05) is 25.0 Å². The third-order valence-corrected chi connectivity index (χ3v) is 4.67. The molecule has 26 heavy (non-hydrogen) atoms. The lowest BCUT2D eigenvalue weighted by Crippen LogP contribution is -2.29. The molecule has 1 heterocycles. The van der Waals surface area contributed by atoms with Gasteiger partial charge in [0.05, 0.1) is 16.3 Å². The van der Waals surface area contributed by atoms with E-state index in [4.69, 9.17) is 16.3 Å². The number of amides is 2. The molecular formula is C20H21ClN2O3. The monoisotopic (exact) mass is 372 g/mol. The van der Waals surface area contributed by atoms with Gasteiger partial charge in [0.2, 0.25) is 0 Å². The first-order valence-corrected chi connectivity index (χ1v) is 9.00. The molecule has 6 heteroatoms. The van der Waals surface area contributed by atoms with E-state index in [-0.39, 0.29) is 18.4 Å². The fourth-order valence-electron chi connectivity index (χ4n) is 2.98. The van der Waals surface area contributed by atoms with Crippen molar-refractivity contribution in [1.29, 1.82) is 0 Å². The summed E-state index contributed by atoms with van der Waals surface area (Å²) in [4.78, 5) is 26.9. The molecule has 2 aromatic carbocycles. The van der Waals surface area contributed by atoms with Crippen molar-refractivity contribution < 1.29 is 14.3 Å². The molecule has 0 saturated carbocycles. The minimum absolute atomic E-state index is 0.0477. The molecule has 0 bridgehead atoms. The van der Waals surface area contributed by atoms with Crippen molar-refractivity contribution in [3.05, 3.63) is 58.6 Å². The van der Waals surface area contributed by atoms with Crippen LogP contribution in [-0.2, 0) is 4.79 Å². The maximum Gasteiger partial charge on any atom is 0.262 e. The van der Waals surface area contributed by atoms with Gasteiger partial charge in [0.25, 0.3) is 11.8 Å². The fourth-order valence-corrected chi connectivity index (χ4v) is 3.17. The van der Waals surface area contributed by atoms with Gasteiger partial charge in [-0.15, -0.1) is 0 Å². The maximum absolute atomic E-state index is 12.8. The number of benzene rings is 2. The summed E-state index contributed by atoms with van der Waals surface area (Å²) < 4.78 is 5.47. The lowest BCUT2D eigenvalue weighted by molar-refractivity contribution is -0.118. The van der Waals surface area contributed by atoms with E-state index >= 15 is 0 Å². The summed E-state index contributed by atoms with van der Waals surface area (Å²) in [5.74, 6) is 0.0608. The Morgan fingerprint density at radius 1 is 1.12 bits per heavy atom. The standard InChI is InChI=1S/C20H21ClN2O3/c1-14-7-6-8-15(20(25)23-11-4-5-12-23)19(14)22-18(24)13-26-17-10-3-2-9-16(17)21/h2-3,6-10H,4-5,11-13H2,1H3,(H,22,24). The second-order valence-corrected chi connectivity index (χ2v) is 6.67. The second-order valence-electron chi connectivity index (χ2n) is 6.26. The van der Waals surface area contributed by atoms with E-state index in [9.17, 15) is 9.59 Å². The van der Waals surface area contributed by atoms with E-state index in [1.54, 1.807) is 30.3 Å². The third-order valence-electron chi connectivity index (χ3n) is 4.36. The lowest BCUT2D eigenvalue weighted by Gasteiger charge is -2.19. The minimum atomic E-state index is -0.338. The molecule has 1 aliphatic heterocycles. The van der Waals surface area contributed by atoms with Crippen LogP contribution in [0.3, 0.4) is 0 Å². The van der Waals surface area contributed by atoms with Crippen LogP contribution in [-0.4, -0.2) is 36.4 Å². The number of hydrogen-bond donors (Lipinski definition) is 1. The van der Waals surface area contributed by atoms with E-state index in [0.717, 1.165) is 31.5 Å². The van der Waals surface area contributed by atoms with Crippen molar-refractivity contribution in [2.45, 2.75) is 19.8 Å². The zero-order valence-electron chi connectivity index (χ0n) is 14.6. The van der Waals surface area contributed by atoms with E-state index < -0.39 is 0 Å². The minimum Gasteiger partial charge on any atom is -0.482 e. The van der Waals surface area contributed by atoms with Gasteiger partial charge in [0.1, 0.15) is 5.75 Å². The summed E-state index contributed by atoms with van der Waals surface area (Å²) in [6.07, 6.45) is 2.04. The first kappa shape index (κ1) is 18.3. The maximum atomic E-state index is 12.8. The first-order chi connectivity index (χ1) is 12.6. The Morgan fingerprint density at radius 3 is 2.58 bits per heavy atom. The van der Waals surface area contributed by atoms with Crippen molar-refractivity contribution in [2.24, 2.45) is 0 Å². The molecule has 1 saturated heterocycles. The van der Waals surface area contributed by atoms with Gasteiger partial charge in [-0.25, -0.2) is 0 Å². The molecule has 1 N–H and O–H groups in total. The SMILES string of the molecule is Cc1cccc(C(=O)N2CCCC2)c1NC(=O)COc1ccccc1Cl. The number of halogens is 1. The average molecular weight is 373 g/mol. The Kier molecular flexibility index (Phi) is 5.78. The molecule has 0 radical (unpaired) electrons. The topological polar surface area (TPSA) is 58.6 Å². The lowest BCUT2D eigenvalue weighted by atomic mass is 10.1. The second kappa shape index (κ2) is 8.23. The van der Waals surface area contributed by atoms with E-state index in [1.165, 1.54) is 0 Å². The van der Waals surface area contributed by atoms with Crippen LogP contribution in [0.1, 0.15) is 28.8 Å². The van der Waals surface area contributed by atoms with Gasteiger partial charge in [-0.2, -0.15) is 0 Å². The third kappa shape index (κ3) is 4.17. The first-order valence-electron chi connectivity index (χ1n) is 8.62. The van der Waals surface area contributed by atoms with Crippen LogP contribution >= 0.6 is 11.6 Å². The smallest absolute Gasteiger partial charge is 0.262 e. The number of anilines is 1. The Morgan fingerprint density at radius 2 is 1.85 bits per heavy atom. The van der Waals surface area contributed by atoms with Crippen molar-refractivity contribution >= 4 is 29.1 Å². The van der Waals surface area contributed by atoms with Crippen LogP contribution in [0.15, 0.2) is 42.5 Å². The van der Waals surface area contributed by atoms with E-state index in [1.807, 2.05) is 24.0 Å². The Labute approximate surface area is 157 Å². The van der Waals surface area contributed by atoms with Crippen LogP contribution in [0, 0.1) is 6.92 Å². The van der Waals surface area contributed by atoms with Gasteiger partial charge in [0, 0.05) is 13.1 Å². The van der Waals surface area contributed by atoms with Gasteiger partial charge in [0.15, 0.2) is 6.61 Å². The molecule has 0 aromatic heterocycles. The summed E-state index contributed by atoms with van der Waals surface area (Å²) in [6, 6.07) is 12.4. The van der Waals surface area contributed by atoms with Crippen molar-refractivity contribution in [1.82, 2.24) is 4.90 Å². The number of aryl methyl sites for hydroxylation is 1. The molecule has 0 aliphatic carbocycles. The number of nitrogens with zero attached hydrogens (tertiary/aromatic N) is 1. The Bertz CT molecular complexity index is 816. The summed E-state index contributed by atoms with van der Waals surface area (Å²) in [5.41, 5.74) is 1.89. The zero-order valence-corrected chi connectivity index (χ0v) is 15.4. The van der Waals surface area contributed by atoms with Crippen LogP contribution in [0.5, 0.6) is 5.75 Å². The number of ether oxygens (including phenoxy) is 1. The highest BCUT2D eigenvalue weighted by atomic mass is 35.5. The summed E-state index contributed by atoms with van der Waals surface area (Å²) in [7, 11) is 0. The number of carbonyl (C=O) groups excluding carboxylic acids is 2. The Balaban J connectivity index is 1.71. The quantitative estimate of drug-likeness (QED) is 0.865. The van der Waals surface area contributed by atoms with E-state index in [0.29, 0.717) is 22.0 Å². The highest BCUT2D eigenvalue weighted by Gasteiger charge is 2.23. The number of likely N-dealkylation sites (tertiary alicyclic amines) is 1. The highest BCUT2D eigenvalue weighted by Crippen LogP contribution is 2.25. The molecule has 0 spiro atoms. The highest BCUT2D eigenvalue weighted by molar-refractivity contribution is 6.32. The normalized spacial score (nSPS) is 13.5. The van der Waals surface area contributed by atoms with E-state index in [2.05, 4.69) is 5.32 Å². The zero-order chi connectivity index (χ0) is 18.5. The molecule has 136 valence electrons. The molecule has 2 amide bonds. The summed E-state index contributed by atoms with van der Waals surface area (Å²) in [5, 5.41) is 3.26. The van der Waals surface area contributed by atoms with Crippen LogP contribution in [0.4, 0.5) is 5.69 Å². The van der Waals surface area contributed by atoms with Gasteiger partial charge in [-0.05, 0) is 43.5 Å². The number of rotatable bonds is 5. The van der Waals surface area contributed by atoms with Gasteiger partial charge < -0.3 is 15.0 Å². The molecule has 0 unspecified atom stereocenters. The molecule has 5 nitrogen and oxygen atoms in total. The molecule has 0 atom stereocenters. The predicted octanol–water partition coefficient (Wildman–Crippen LogP) is 3.90. The number of hydrogen-bond acceptors (Lipinski definition) is 3. The van der Waals surface area contributed by atoms with Crippen LogP contribution in [0.25, 0.3) is 0 Å². The summed E-state index contributed by atoms with van der Waals surface area (Å²) >= 11 is 6.03. The van der Waals surface area contributed by atoms with Crippen LogP contribution < -0.4 is 10.1 Å². The average Bonchev–Trinajstić information content (AvgIpc) is 3.17. The number of nitrogens with one attached hydrogen (secondary N) is 1. The molecular weight excluding hydrogens is 352 g/mol. The van der Waals surface area contributed by atoms with Gasteiger partial charge >= 0.3 is 0 Å². The largest absolute Gasteiger partial charge is 0.482 e. The van der Waals surface area contributed by atoms with Gasteiger partial charge in [-0.1, -0.05) is 35.9 Å². The fraction of sp³-hybridized carbons (Fsp3) is 0.300. The molecule has 1 fully saturated rings. The molecule has 3 rings (SSSR count). The number of para-hydroxylation sites is 2. The molecule has 2 aromatic rings. The number of carbonyl (C=O) groups is 2. The van der Waals surface area contributed by atoms with Crippen LogP contribution in [0.2, 0.25) is 5.02 Å².